The fourth-order valence-electron chi connectivity index (χ4n) is 3.44. The lowest BCUT2D eigenvalue weighted by atomic mass is 10.1. The average Bonchev–Trinajstić information content (AvgIpc) is 3.38. The van der Waals surface area contributed by atoms with Crippen molar-refractivity contribution in [2.45, 2.75) is 12.5 Å². The van der Waals surface area contributed by atoms with E-state index in [0.29, 0.717) is 5.69 Å². The smallest absolute Gasteiger partial charge is 0.329 e. The summed E-state index contributed by atoms with van der Waals surface area (Å²) in [7, 11) is 0. The van der Waals surface area contributed by atoms with Gasteiger partial charge in [0.2, 0.25) is 0 Å². The van der Waals surface area contributed by atoms with Gasteiger partial charge in [0.05, 0.1) is 6.26 Å². The predicted molar refractivity (Wildman–Crippen MR) is 124 cm³/mol. The first-order chi connectivity index (χ1) is 16.1. The summed E-state index contributed by atoms with van der Waals surface area (Å²) >= 11 is 0. The van der Waals surface area contributed by atoms with Crippen molar-refractivity contribution in [1.82, 2.24) is 5.32 Å². The normalized spacial score (nSPS) is 11.5. The van der Waals surface area contributed by atoms with Crippen molar-refractivity contribution in [2.24, 2.45) is 0 Å². The maximum Gasteiger partial charge on any atom is 0.329 e. The van der Waals surface area contributed by atoms with E-state index >= 15 is 0 Å². The van der Waals surface area contributed by atoms with Crippen molar-refractivity contribution < 1.29 is 23.5 Å². The number of benzene rings is 3. The zero-order chi connectivity index (χ0) is 23.0. The van der Waals surface area contributed by atoms with Gasteiger partial charge in [-0.25, -0.2) is 4.79 Å². The molecule has 33 heavy (non-hydrogen) atoms. The second kappa shape index (κ2) is 10.3. The molecule has 0 radical (unpaired) electrons. The van der Waals surface area contributed by atoms with Crippen molar-refractivity contribution in [2.75, 3.05) is 11.9 Å². The van der Waals surface area contributed by atoms with E-state index in [1.54, 1.807) is 12.1 Å². The van der Waals surface area contributed by atoms with Crippen LogP contribution in [0.3, 0.4) is 0 Å². The van der Waals surface area contributed by atoms with Gasteiger partial charge in [0.15, 0.2) is 12.4 Å². The van der Waals surface area contributed by atoms with Crippen LogP contribution in [-0.4, -0.2) is 30.4 Å². The van der Waals surface area contributed by atoms with E-state index in [9.17, 15) is 14.4 Å². The Balaban J connectivity index is 1.41. The van der Waals surface area contributed by atoms with Crippen LogP contribution in [0, 0.1) is 0 Å². The van der Waals surface area contributed by atoms with E-state index in [-0.39, 0.29) is 12.2 Å². The summed E-state index contributed by atoms with van der Waals surface area (Å²) in [4.78, 5) is 37.7. The summed E-state index contributed by atoms with van der Waals surface area (Å²) in [5.74, 6) is -1.66. The fourth-order valence-corrected chi connectivity index (χ4v) is 3.44. The number of amides is 2. The molecule has 2 amide bonds. The molecule has 2 N–H and O–H groups in total. The molecule has 0 bridgehead atoms. The third-order valence-electron chi connectivity index (χ3n) is 5.03. The first-order valence-electron chi connectivity index (χ1n) is 10.4. The monoisotopic (exact) mass is 442 g/mol. The molecule has 7 heteroatoms. The van der Waals surface area contributed by atoms with E-state index in [4.69, 9.17) is 9.15 Å². The molecule has 1 heterocycles. The molecule has 1 unspecified atom stereocenters. The lowest BCUT2D eigenvalue weighted by molar-refractivity contribution is -0.149. The number of nitrogens with one attached hydrogen (secondary N) is 2. The standard InChI is InChI=1S/C26H22N2O5/c29-24(27-21-13-6-11-19-10-4-5-12-20(19)21)17-33-26(31)22(16-18-8-2-1-3-9-18)28-25(30)23-14-7-15-32-23/h1-15,22H,16-17H2,(H,27,29)(H,28,30). The summed E-state index contributed by atoms with van der Waals surface area (Å²) in [5.41, 5.74) is 1.46. The molecule has 4 rings (SSSR count). The maximum atomic E-state index is 12.8. The number of rotatable bonds is 8. The summed E-state index contributed by atoms with van der Waals surface area (Å²) in [6.07, 6.45) is 1.58. The lowest BCUT2D eigenvalue weighted by Gasteiger charge is -2.17. The molecule has 1 atom stereocenters. The highest BCUT2D eigenvalue weighted by molar-refractivity contribution is 6.03. The van der Waals surface area contributed by atoms with Crippen LogP contribution < -0.4 is 10.6 Å². The number of carbonyl (C=O) groups excluding carboxylic acids is 3. The Morgan fingerprint density at radius 1 is 0.848 bits per heavy atom. The van der Waals surface area contributed by atoms with E-state index in [1.807, 2.05) is 66.7 Å². The SMILES string of the molecule is O=C(COC(=O)C(Cc1ccccc1)NC(=O)c1ccco1)Nc1cccc2ccccc12. The van der Waals surface area contributed by atoms with Gasteiger partial charge in [0.1, 0.15) is 6.04 Å². The molecule has 0 spiro atoms. The number of esters is 1. The van der Waals surface area contributed by atoms with Gasteiger partial charge in [-0.2, -0.15) is 0 Å². The molecule has 0 fully saturated rings. The molecule has 7 nitrogen and oxygen atoms in total. The van der Waals surface area contributed by atoms with Gasteiger partial charge in [-0.1, -0.05) is 66.7 Å². The Hall–Kier alpha value is -4.39. The van der Waals surface area contributed by atoms with Crippen molar-refractivity contribution in [3.63, 3.8) is 0 Å². The van der Waals surface area contributed by atoms with E-state index < -0.39 is 30.4 Å². The summed E-state index contributed by atoms with van der Waals surface area (Å²) in [5, 5.41) is 7.26. The Morgan fingerprint density at radius 3 is 2.39 bits per heavy atom. The van der Waals surface area contributed by atoms with Crippen LogP contribution in [0.4, 0.5) is 5.69 Å². The molecule has 0 aliphatic carbocycles. The van der Waals surface area contributed by atoms with Crippen molar-refractivity contribution >= 4 is 34.2 Å². The van der Waals surface area contributed by atoms with Crippen LogP contribution in [0.15, 0.2) is 95.6 Å². The van der Waals surface area contributed by atoms with Gasteiger partial charge in [-0.05, 0) is 29.1 Å². The molecule has 1 aromatic heterocycles. The highest BCUT2D eigenvalue weighted by atomic mass is 16.5. The topological polar surface area (TPSA) is 97.6 Å². The largest absolute Gasteiger partial charge is 0.459 e. The molecule has 0 aliphatic heterocycles. The minimum Gasteiger partial charge on any atom is -0.459 e. The van der Waals surface area contributed by atoms with Crippen molar-refractivity contribution in [3.05, 3.63) is 103 Å². The maximum absolute atomic E-state index is 12.8. The highest BCUT2D eigenvalue weighted by Crippen LogP contribution is 2.22. The zero-order valence-corrected chi connectivity index (χ0v) is 17.7. The van der Waals surface area contributed by atoms with Gasteiger partial charge in [-0.3, -0.25) is 9.59 Å². The molecular formula is C26H22N2O5. The van der Waals surface area contributed by atoms with Crippen LogP contribution in [-0.2, 0) is 20.7 Å². The minimum atomic E-state index is -0.990. The molecule has 3 aromatic carbocycles. The molecular weight excluding hydrogens is 420 g/mol. The summed E-state index contributed by atoms with van der Waals surface area (Å²) in [6.45, 7) is -0.482. The predicted octanol–water partition coefficient (Wildman–Crippen LogP) is 3.96. The zero-order valence-electron chi connectivity index (χ0n) is 17.7. The van der Waals surface area contributed by atoms with Crippen LogP contribution in [0.5, 0.6) is 0 Å². The van der Waals surface area contributed by atoms with E-state index in [1.165, 1.54) is 12.3 Å². The minimum absolute atomic E-state index is 0.0783. The second-order valence-electron chi connectivity index (χ2n) is 7.38. The fraction of sp³-hybridized carbons (Fsp3) is 0.115. The first kappa shape index (κ1) is 21.8. The van der Waals surface area contributed by atoms with Gasteiger partial charge >= 0.3 is 5.97 Å². The van der Waals surface area contributed by atoms with Crippen LogP contribution in [0.2, 0.25) is 0 Å². The first-order valence-corrected chi connectivity index (χ1v) is 10.4. The van der Waals surface area contributed by atoms with Crippen LogP contribution in [0.1, 0.15) is 16.1 Å². The Bertz CT molecular complexity index is 1250. The molecule has 166 valence electrons. The number of fused-ring (bicyclic) bond motifs is 1. The highest BCUT2D eigenvalue weighted by Gasteiger charge is 2.25. The third kappa shape index (κ3) is 5.65. The molecule has 0 saturated heterocycles. The van der Waals surface area contributed by atoms with Gasteiger partial charge in [-0.15, -0.1) is 0 Å². The summed E-state index contributed by atoms with van der Waals surface area (Å²) in [6, 6.07) is 24.5. The Labute approximate surface area is 190 Å². The van der Waals surface area contributed by atoms with E-state index in [2.05, 4.69) is 10.6 Å². The van der Waals surface area contributed by atoms with Crippen LogP contribution in [0.25, 0.3) is 10.8 Å². The van der Waals surface area contributed by atoms with Gasteiger partial charge in [0.25, 0.3) is 11.8 Å². The van der Waals surface area contributed by atoms with Crippen molar-refractivity contribution in [3.8, 4) is 0 Å². The number of furan rings is 1. The molecule has 0 saturated carbocycles. The second-order valence-corrected chi connectivity index (χ2v) is 7.38. The third-order valence-corrected chi connectivity index (χ3v) is 5.03. The van der Waals surface area contributed by atoms with Gasteiger partial charge < -0.3 is 19.8 Å². The molecule has 0 aliphatic rings. The van der Waals surface area contributed by atoms with Crippen LogP contribution >= 0.6 is 0 Å². The number of carbonyl (C=O) groups is 3. The van der Waals surface area contributed by atoms with E-state index in [0.717, 1.165) is 16.3 Å². The van der Waals surface area contributed by atoms with Gasteiger partial charge in [0, 0.05) is 17.5 Å². The number of hydrogen-bond acceptors (Lipinski definition) is 5. The molecule has 4 aromatic rings. The Kier molecular flexibility index (Phi) is 6.80. The number of hydrogen-bond donors (Lipinski definition) is 2. The number of anilines is 1. The lowest BCUT2D eigenvalue weighted by Crippen LogP contribution is -2.44. The van der Waals surface area contributed by atoms with Crippen molar-refractivity contribution in [1.29, 1.82) is 0 Å². The Morgan fingerprint density at radius 2 is 1.61 bits per heavy atom. The average molecular weight is 442 g/mol. The summed E-state index contributed by atoms with van der Waals surface area (Å²) < 4.78 is 10.3. The number of ether oxygens (including phenoxy) is 1. The quantitative estimate of drug-likeness (QED) is 0.403.